The van der Waals surface area contributed by atoms with Crippen LogP contribution in [0.5, 0.6) is 0 Å². The van der Waals surface area contributed by atoms with E-state index in [2.05, 4.69) is 4.74 Å². The molecule has 18 nitrogen and oxygen atoms in total. The Kier molecular flexibility index (Phi) is 32.3. The molecule has 0 aliphatic carbocycles. The van der Waals surface area contributed by atoms with Crippen molar-refractivity contribution in [2.24, 2.45) is 0 Å². The van der Waals surface area contributed by atoms with E-state index in [1.807, 2.05) is 0 Å². The number of halogens is 12. The van der Waals surface area contributed by atoms with E-state index < -0.39 is 137 Å². The van der Waals surface area contributed by atoms with E-state index in [-0.39, 0.29) is 139 Å². The number of carboxylic acids is 2. The Labute approximate surface area is 719 Å². The Morgan fingerprint density at radius 1 is 0.392 bits per heavy atom. The van der Waals surface area contributed by atoms with Gasteiger partial charge in [-0.3, -0.25) is 12.9 Å². The number of hydrogen-bond donors (Lipinski definition) is 4. The molecule has 3 aromatic heterocycles. The number of methoxy groups -OCH3 is 1. The van der Waals surface area contributed by atoms with E-state index in [4.69, 9.17) is 0 Å². The molecular formula is C83H80F12N3NaO15S6. The van der Waals surface area contributed by atoms with Crippen LogP contribution in [0.3, 0.4) is 0 Å². The summed E-state index contributed by atoms with van der Waals surface area (Å²) in [7, 11) is -12.4. The van der Waals surface area contributed by atoms with E-state index in [0.29, 0.717) is 66.7 Å². The molecule has 0 saturated heterocycles. The largest absolute Gasteiger partial charge is 1.00 e. The summed E-state index contributed by atoms with van der Waals surface area (Å²) in [6, 6.07) is 40.5. The van der Waals surface area contributed by atoms with Crippen LogP contribution in [-0.2, 0) is 89.8 Å². The molecular weight excluding hydrogens is 1720 g/mol. The SMILES string of the molecule is C.C.C.C.CC(C)(O)c1c(N(Cc2ccc(F)c(C(F)(F)F)c2)S(=O)(=O)c2ccc(C(=O)O)cc2)sc2ccccc12.CC(C)(O)c1c(N(Cc2ccc(F)c(C(F)(F)F)c2)S(=O)(=O)c2ccc(C(=O)[O-])cc2)sc2ccccc12.COC(=O)c1ccc(S(=O)(=O)N(Cc2ccc(F)c(C(F)(F)F)c2)c2sc3ccccc3c2C(C)(C)O)cc1.[Na+]. The van der Waals surface area contributed by atoms with Crippen LogP contribution in [0.1, 0.15) is 152 Å². The first-order valence-electron chi connectivity index (χ1n) is 33.6. The fourth-order valence-corrected chi connectivity index (χ4v) is 21.2. The Bertz CT molecular complexity index is 5820. The Balaban J connectivity index is 0.000000314. The van der Waals surface area contributed by atoms with Crippen molar-refractivity contribution in [3.63, 3.8) is 0 Å². The number of anilines is 3. The minimum atomic E-state index is -5.01. The smallest absolute Gasteiger partial charge is 0.545 e. The first-order valence-corrected chi connectivity index (χ1v) is 40.3. The Morgan fingerprint density at radius 3 is 0.858 bits per heavy atom. The van der Waals surface area contributed by atoms with Gasteiger partial charge in [-0.15, -0.1) is 34.0 Å². The number of rotatable bonds is 21. The van der Waals surface area contributed by atoms with Crippen LogP contribution in [-0.4, -0.2) is 70.7 Å². The topological polar surface area (TPSA) is 277 Å². The summed E-state index contributed by atoms with van der Waals surface area (Å²) in [5, 5.41) is 55.2. The van der Waals surface area contributed by atoms with Crippen molar-refractivity contribution in [3.05, 3.63) is 284 Å². The van der Waals surface area contributed by atoms with E-state index >= 15 is 0 Å². The van der Waals surface area contributed by atoms with Gasteiger partial charge in [-0.05, 0) is 179 Å². The summed E-state index contributed by atoms with van der Waals surface area (Å²) >= 11 is 3.06. The molecule has 12 aromatic rings. The molecule has 0 aliphatic heterocycles. The number of carboxylic acid groups (broad SMARTS) is 2. The van der Waals surface area contributed by atoms with Crippen LogP contribution in [0.15, 0.2) is 215 Å². The number of hydrogen-bond acceptors (Lipinski definition) is 17. The van der Waals surface area contributed by atoms with Crippen molar-refractivity contribution in [2.45, 2.75) is 141 Å². The molecule has 9 aromatic carbocycles. The zero-order valence-electron chi connectivity index (χ0n) is 61.8. The maximum atomic E-state index is 14.0. The maximum absolute atomic E-state index is 14.0. The van der Waals surface area contributed by atoms with Crippen molar-refractivity contribution in [1.29, 1.82) is 0 Å². The predicted octanol–water partition coefficient (Wildman–Crippen LogP) is 17.4. The van der Waals surface area contributed by atoms with Crippen LogP contribution in [0.4, 0.5) is 67.7 Å². The van der Waals surface area contributed by atoms with E-state index in [9.17, 15) is 118 Å². The minimum Gasteiger partial charge on any atom is -0.545 e. The summed E-state index contributed by atoms with van der Waals surface area (Å²) in [4.78, 5) is 33.3. The molecule has 0 fully saturated rings. The van der Waals surface area contributed by atoms with Gasteiger partial charge in [-0.2, -0.15) is 39.5 Å². The molecule has 0 radical (unpaired) electrons. The van der Waals surface area contributed by atoms with Gasteiger partial charge in [0.15, 0.2) is 0 Å². The number of benzene rings is 9. The van der Waals surface area contributed by atoms with Gasteiger partial charge in [0, 0.05) is 46.9 Å². The van der Waals surface area contributed by atoms with Gasteiger partial charge in [0.2, 0.25) is 0 Å². The molecule has 0 unspecified atom stereocenters. The molecule has 638 valence electrons. The molecule has 12 rings (SSSR count). The zero-order chi connectivity index (χ0) is 84.8. The molecule has 4 N–H and O–H groups in total. The summed E-state index contributed by atoms with van der Waals surface area (Å²) in [5.74, 6) is -7.98. The number of ether oxygens (including phenoxy) is 1. The monoisotopic (exact) mass is 1800 g/mol. The number of alkyl halides is 9. The maximum Gasteiger partial charge on any atom is 1.00 e. The number of aromatic carboxylic acids is 2. The Morgan fingerprint density at radius 2 is 0.633 bits per heavy atom. The van der Waals surface area contributed by atoms with Gasteiger partial charge in [-0.25, -0.2) is 48.0 Å². The number of fused-ring (bicyclic) bond motifs is 3. The number of sulfonamides is 3. The molecule has 0 aliphatic rings. The van der Waals surface area contributed by atoms with Crippen molar-refractivity contribution in [2.75, 3.05) is 20.0 Å². The summed E-state index contributed by atoms with van der Waals surface area (Å²) in [6.45, 7) is 6.90. The third kappa shape index (κ3) is 22.1. The fraction of sp³-hybridized carbons (Fsp3) is 0.241. The average molecular weight is 1800 g/mol. The first kappa shape index (κ1) is 101. The number of carbonyl (C=O) groups is 3. The molecule has 120 heavy (non-hydrogen) atoms. The molecule has 0 amide bonds. The first-order chi connectivity index (χ1) is 53.3. The number of nitrogens with zero attached hydrogens (tertiary/aromatic N) is 3. The quantitative estimate of drug-likeness (QED) is 0.0296. The zero-order valence-corrected chi connectivity index (χ0v) is 68.7. The van der Waals surface area contributed by atoms with Gasteiger partial charge in [0.05, 0.1) is 92.0 Å². The van der Waals surface area contributed by atoms with Crippen LogP contribution >= 0.6 is 34.0 Å². The van der Waals surface area contributed by atoms with Crippen molar-refractivity contribution < 1.29 is 152 Å². The molecule has 3 heterocycles. The Hall–Kier alpha value is -9.44. The number of aliphatic hydroxyl groups is 3. The van der Waals surface area contributed by atoms with Gasteiger partial charge < -0.3 is 35.1 Å². The second-order valence-corrected chi connectivity index (χ2v) is 35.8. The van der Waals surface area contributed by atoms with Crippen LogP contribution in [0.2, 0.25) is 0 Å². The average Bonchev–Trinajstić information content (AvgIpc) is 1.58. The van der Waals surface area contributed by atoms with E-state index in [0.717, 1.165) is 114 Å². The van der Waals surface area contributed by atoms with Crippen LogP contribution in [0, 0.1) is 17.5 Å². The summed E-state index contributed by atoms with van der Waals surface area (Å²) in [6.07, 6.45) is -15.0. The van der Waals surface area contributed by atoms with Crippen LogP contribution < -0.4 is 47.6 Å². The van der Waals surface area contributed by atoms with E-state index in [1.54, 1.807) is 72.8 Å². The third-order valence-corrected chi connectivity index (χ3v) is 26.7. The molecule has 37 heteroatoms. The van der Waals surface area contributed by atoms with Gasteiger partial charge in [-0.1, -0.05) is 115 Å². The summed E-state index contributed by atoms with van der Waals surface area (Å²) in [5.41, 5.74) is -9.35. The molecule has 0 bridgehead atoms. The second kappa shape index (κ2) is 38.3. The minimum absolute atomic E-state index is 0. The van der Waals surface area contributed by atoms with E-state index in [1.165, 1.54) is 72.9 Å². The number of thiophene rings is 3. The summed E-state index contributed by atoms with van der Waals surface area (Å²) < 4.78 is 255. The van der Waals surface area contributed by atoms with Gasteiger partial charge in [0.1, 0.15) is 32.5 Å². The predicted molar refractivity (Wildman–Crippen MR) is 434 cm³/mol. The molecule has 0 atom stereocenters. The number of esters is 1. The fourth-order valence-electron chi connectivity index (χ4n) is 12.2. The van der Waals surface area contributed by atoms with Crippen molar-refractivity contribution >= 4 is 127 Å². The molecule has 0 spiro atoms. The van der Waals surface area contributed by atoms with Gasteiger partial charge >= 0.3 is 60.0 Å². The standard InChI is InChI=1S/C27H23F4NO5S2.2C26H21F4NO5S2.4CH4.Na/c1-26(2,34)23-19-6-4-5-7-22(19)38-24(23)32(15-16-8-13-21(28)20(14-16)27(29,30)31)39(35,36)18-11-9-17(10-12-18)25(33)37-3;2*1-25(2,34)22-18-5-3-4-6-21(18)37-23(22)31(14-15-7-12-20(27)19(13-15)26(28,29)30)38(35,36)17-10-8-16(9-11-17)24(32)33;;;;;/h4-14,34H,15H2,1-3H3;2*3-13,34H,14H2,1-2H3,(H,32,33);4*1H4;/q;;;;;;;+1/p-1. The van der Waals surface area contributed by atoms with Crippen molar-refractivity contribution in [3.8, 4) is 0 Å². The third-order valence-electron chi connectivity index (χ3n) is 17.5. The second-order valence-electron chi connectivity index (χ2n) is 27.1. The number of carbonyl (C=O) groups excluding carboxylic acids is 2. The molecule has 0 saturated carbocycles. The van der Waals surface area contributed by atoms with Gasteiger partial charge in [0.25, 0.3) is 30.1 Å². The van der Waals surface area contributed by atoms with Crippen LogP contribution in [0.25, 0.3) is 30.3 Å². The van der Waals surface area contributed by atoms with Crippen molar-refractivity contribution in [1.82, 2.24) is 0 Å². The normalized spacial score (nSPS) is 12.1.